The zero-order chi connectivity index (χ0) is 28.4. The number of aliphatic carboxylic acids is 1. The lowest BCUT2D eigenvalue weighted by Crippen LogP contribution is -2.63. The highest BCUT2D eigenvalue weighted by Gasteiger charge is 2.57. The van der Waals surface area contributed by atoms with Gasteiger partial charge in [0.1, 0.15) is 23.4 Å². The number of hydrogen-bond acceptors (Lipinski definition) is 4. The summed E-state index contributed by atoms with van der Waals surface area (Å²) in [4.78, 5) is 14.0. The molecule has 7 rings (SSSR count). The van der Waals surface area contributed by atoms with Crippen LogP contribution < -0.4 is 9.47 Å². The third-order valence-corrected chi connectivity index (χ3v) is 9.93. The van der Waals surface area contributed by atoms with E-state index >= 15 is 0 Å². The Morgan fingerprint density at radius 2 is 1.88 bits per heavy atom. The Morgan fingerprint density at radius 1 is 1.12 bits per heavy atom. The molecule has 1 unspecified atom stereocenters. The number of ether oxygens (including phenoxy) is 2. The third-order valence-electron chi connectivity index (χ3n) is 9.93. The molecule has 9 heteroatoms. The van der Waals surface area contributed by atoms with Crippen LogP contribution in [0.15, 0.2) is 36.4 Å². The smallest absolute Gasteiger partial charge is 0.490 e. The van der Waals surface area contributed by atoms with Crippen LogP contribution in [-0.4, -0.2) is 41.0 Å². The van der Waals surface area contributed by atoms with E-state index in [-0.39, 0.29) is 34.8 Å². The van der Waals surface area contributed by atoms with Gasteiger partial charge < -0.3 is 14.6 Å². The number of nitrogens with zero attached hydrogens (tertiary/aromatic N) is 1. The molecule has 5 nitrogen and oxygen atoms in total. The average molecular weight is 562 g/mol. The van der Waals surface area contributed by atoms with Crippen molar-refractivity contribution in [2.24, 2.45) is 17.3 Å². The lowest BCUT2D eigenvalue weighted by Gasteiger charge is -2.62. The van der Waals surface area contributed by atoms with Gasteiger partial charge in [0.05, 0.1) is 5.92 Å². The number of aryl methyl sites for hydroxylation is 1. The van der Waals surface area contributed by atoms with Crippen LogP contribution in [0.5, 0.6) is 11.5 Å². The van der Waals surface area contributed by atoms with Crippen LogP contribution in [-0.2, 0) is 11.2 Å². The van der Waals surface area contributed by atoms with Crippen LogP contribution >= 0.6 is 0 Å². The Bertz CT molecular complexity index is 1280. The average Bonchev–Trinajstić information content (AvgIpc) is 3.72. The Balaban J connectivity index is 1.16. The van der Waals surface area contributed by atoms with Crippen molar-refractivity contribution in [3.05, 3.63) is 58.9 Å². The van der Waals surface area contributed by atoms with Crippen LogP contribution in [0.3, 0.4) is 0 Å². The fourth-order valence-corrected chi connectivity index (χ4v) is 7.63. The van der Waals surface area contributed by atoms with E-state index in [1.54, 1.807) is 6.92 Å². The molecule has 40 heavy (non-hydrogen) atoms. The van der Waals surface area contributed by atoms with Crippen LogP contribution in [0.4, 0.5) is 17.6 Å². The summed E-state index contributed by atoms with van der Waals surface area (Å²) in [6, 6.07) is 9.17. The number of piperidine rings is 2. The van der Waals surface area contributed by atoms with Crippen molar-refractivity contribution in [2.45, 2.75) is 89.3 Å². The maximum absolute atomic E-state index is 14.0. The number of alkyl halides is 3. The zero-order valence-corrected chi connectivity index (χ0v) is 22.7. The lowest BCUT2D eigenvalue weighted by atomic mass is 9.56. The second-order valence-electron chi connectivity index (χ2n) is 12.3. The maximum atomic E-state index is 14.0. The molecule has 2 bridgehead atoms. The summed E-state index contributed by atoms with van der Waals surface area (Å²) in [5.41, 5.74) is 2.40. The van der Waals surface area contributed by atoms with Crippen molar-refractivity contribution < 1.29 is 36.9 Å². The van der Waals surface area contributed by atoms with Gasteiger partial charge in [0.25, 0.3) is 0 Å². The molecule has 2 aromatic rings. The minimum atomic E-state index is -4.85. The molecule has 0 amide bonds. The molecule has 0 radical (unpaired) electrons. The van der Waals surface area contributed by atoms with Crippen molar-refractivity contribution in [1.82, 2.24) is 4.90 Å². The molecular formula is C31H35F4NO4. The van der Waals surface area contributed by atoms with Crippen LogP contribution in [0.2, 0.25) is 0 Å². The molecule has 2 aromatic carbocycles. The maximum Gasteiger partial charge on any atom is 0.573 e. The van der Waals surface area contributed by atoms with Crippen LogP contribution in [0, 0.1) is 23.1 Å². The van der Waals surface area contributed by atoms with Gasteiger partial charge in [0.2, 0.25) is 0 Å². The van der Waals surface area contributed by atoms with Crippen LogP contribution in [0.1, 0.15) is 81.0 Å². The summed E-state index contributed by atoms with van der Waals surface area (Å²) >= 11 is 0. The van der Waals surface area contributed by atoms with E-state index < -0.39 is 30.1 Å². The molecule has 2 saturated carbocycles. The van der Waals surface area contributed by atoms with Crippen molar-refractivity contribution >= 4 is 5.97 Å². The van der Waals surface area contributed by atoms with Gasteiger partial charge in [0.15, 0.2) is 0 Å². The SMILES string of the molecule is C[C@H](C(=O)O)[C@H](c1ccc2c(c1)OC(C13CCN([C@@H](C)c4cc(F)ccc4OC(F)(F)F)C(C1)C3)CC2)C1CC1. The van der Waals surface area contributed by atoms with Crippen molar-refractivity contribution in [2.75, 3.05) is 6.54 Å². The van der Waals surface area contributed by atoms with Crippen molar-refractivity contribution in [3.8, 4) is 11.5 Å². The van der Waals surface area contributed by atoms with Gasteiger partial charge in [-0.1, -0.05) is 19.1 Å². The number of halogens is 4. The second kappa shape index (κ2) is 9.93. The number of benzene rings is 2. The first-order valence-electron chi connectivity index (χ1n) is 14.3. The van der Waals surface area contributed by atoms with E-state index in [1.807, 2.05) is 6.92 Å². The molecule has 4 atom stereocenters. The number of fused-ring (bicyclic) bond motifs is 3. The van der Waals surface area contributed by atoms with E-state index in [1.165, 1.54) is 0 Å². The summed E-state index contributed by atoms with van der Waals surface area (Å²) in [5, 5.41) is 9.68. The fraction of sp³-hybridized carbons (Fsp3) is 0.581. The first kappa shape index (κ1) is 27.4. The molecular weight excluding hydrogens is 526 g/mol. The molecule has 4 fully saturated rings. The van der Waals surface area contributed by atoms with Gasteiger partial charge in [-0.25, -0.2) is 4.39 Å². The molecule has 5 aliphatic rings. The van der Waals surface area contributed by atoms with Gasteiger partial charge >= 0.3 is 12.3 Å². The molecule has 0 aromatic heterocycles. The van der Waals surface area contributed by atoms with E-state index in [9.17, 15) is 27.5 Å². The normalized spacial score (nSPS) is 28.4. The van der Waals surface area contributed by atoms with Gasteiger partial charge in [-0.15, -0.1) is 13.2 Å². The summed E-state index contributed by atoms with van der Waals surface area (Å²) in [6.45, 7) is 4.28. The minimum absolute atomic E-state index is 0.00602. The predicted octanol–water partition coefficient (Wildman–Crippen LogP) is 7.25. The third kappa shape index (κ3) is 5.06. The molecule has 2 saturated heterocycles. The predicted molar refractivity (Wildman–Crippen MR) is 140 cm³/mol. The lowest BCUT2D eigenvalue weighted by molar-refractivity contribution is -0.275. The molecule has 3 heterocycles. The number of carboxylic acid groups (broad SMARTS) is 1. The minimum Gasteiger partial charge on any atom is -0.490 e. The van der Waals surface area contributed by atoms with E-state index in [0.29, 0.717) is 12.5 Å². The number of hydrogen-bond donors (Lipinski definition) is 1. The Labute approximate surface area is 231 Å². The number of rotatable bonds is 8. The highest BCUT2D eigenvalue weighted by molar-refractivity contribution is 5.71. The molecule has 2 aliphatic carbocycles. The largest absolute Gasteiger partial charge is 0.573 e. The van der Waals surface area contributed by atoms with Gasteiger partial charge in [-0.3, -0.25) is 9.69 Å². The van der Waals surface area contributed by atoms with E-state index in [4.69, 9.17) is 4.74 Å². The second-order valence-corrected chi connectivity index (χ2v) is 12.3. The van der Waals surface area contributed by atoms with Gasteiger partial charge in [0, 0.05) is 23.1 Å². The van der Waals surface area contributed by atoms with E-state index in [0.717, 1.165) is 80.0 Å². The summed E-state index contributed by atoms with van der Waals surface area (Å²) < 4.78 is 63.9. The number of carboxylic acids is 1. The standard InChI is InChI=1S/C31H35F4NO4/c1-17(29(37)38)28(20-4-5-20)21-6-3-19-7-10-27(39-26(19)13-21)30-11-12-36(23(15-30)16-30)18(2)24-14-22(32)8-9-25(24)40-31(33,34)35/h3,6,8-9,13-14,17-18,20,23,27-28H,4-5,7,10-12,15-16H2,1-2H3,(H,37,38)/t17-,18-,23?,27?,28-,30?/m0/s1. The molecule has 1 N–H and O–H groups in total. The Hall–Kier alpha value is -2.81. The number of carbonyl (C=O) groups is 1. The first-order chi connectivity index (χ1) is 18.9. The van der Waals surface area contributed by atoms with Crippen molar-refractivity contribution in [3.63, 3.8) is 0 Å². The topological polar surface area (TPSA) is 59.0 Å². The summed E-state index contributed by atoms with van der Waals surface area (Å²) in [5.74, 6) is -0.933. The summed E-state index contributed by atoms with van der Waals surface area (Å²) in [7, 11) is 0. The van der Waals surface area contributed by atoms with Crippen LogP contribution in [0.25, 0.3) is 0 Å². The Kier molecular flexibility index (Phi) is 6.79. The zero-order valence-electron chi connectivity index (χ0n) is 22.7. The molecule has 216 valence electrons. The van der Waals surface area contributed by atoms with E-state index in [2.05, 4.69) is 27.8 Å². The monoisotopic (exact) mass is 561 g/mol. The quantitative estimate of drug-likeness (QED) is 0.344. The molecule has 0 spiro atoms. The van der Waals surface area contributed by atoms with Gasteiger partial charge in [-0.05, 0) is 106 Å². The molecule has 3 aliphatic heterocycles. The summed E-state index contributed by atoms with van der Waals surface area (Å²) in [6.07, 6.45) is 1.71. The highest BCUT2D eigenvalue weighted by Crippen LogP contribution is 2.58. The highest BCUT2D eigenvalue weighted by atomic mass is 19.4. The van der Waals surface area contributed by atoms with Gasteiger partial charge in [-0.2, -0.15) is 0 Å². The Morgan fingerprint density at radius 3 is 2.50 bits per heavy atom. The first-order valence-corrected chi connectivity index (χ1v) is 14.3. The fourth-order valence-electron chi connectivity index (χ4n) is 7.63. The van der Waals surface area contributed by atoms with Crippen molar-refractivity contribution in [1.29, 1.82) is 0 Å².